The number of nitrogens with zero attached hydrogens (tertiary/aromatic N) is 2. The maximum atomic E-state index is 5.17. The number of aryl methyl sites for hydroxylation is 1. The number of hydrogen-bond donors (Lipinski definition) is 1. The molecule has 2 rings (SSSR count). The summed E-state index contributed by atoms with van der Waals surface area (Å²) in [4.78, 5) is 11.9. The van der Waals surface area contributed by atoms with Gasteiger partial charge in [-0.3, -0.25) is 4.98 Å². The van der Waals surface area contributed by atoms with Crippen molar-refractivity contribution in [3.63, 3.8) is 0 Å². The van der Waals surface area contributed by atoms with E-state index in [9.17, 15) is 0 Å². The Morgan fingerprint density at radius 1 is 1.44 bits per heavy atom. The topological polar surface area (TPSA) is 50.8 Å². The highest BCUT2D eigenvalue weighted by atomic mass is 32.1. The summed E-state index contributed by atoms with van der Waals surface area (Å²) in [7, 11) is 1.65. The van der Waals surface area contributed by atoms with Crippen LogP contribution in [0.2, 0.25) is 0 Å². The summed E-state index contributed by atoms with van der Waals surface area (Å²) < 4.78 is 5.65. The third kappa shape index (κ3) is 2.80. The van der Waals surface area contributed by atoms with Gasteiger partial charge in [0.25, 0.3) is 0 Å². The lowest BCUT2D eigenvalue weighted by Crippen LogP contribution is -2.01. The smallest absolute Gasteiger partial charge is 0.158 e. The lowest BCUT2D eigenvalue weighted by atomic mass is 10.1. The van der Waals surface area contributed by atoms with E-state index in [2.05, 4.69) is 21.9 Å². The Balaban J connectivity index is 2.53. The van der Waals surface area contributed by atoms with Crippen molar-refractivity contribution >= 4 is 12.2 Å². The molecule has 1 N–H and O–H groups in total. The minimum Gasteiger partial charge on any atom is -0.378 e. The van der Waals surface area contributed by atoms with Crippen LogP contribution in [-0.4, -0.2) is 22.1 Å². The molecule has 0 aromatic carbocycles. The quantitative estimate of drug-likeness (QED) is 0.860. The molecule has 0 spiro atoms. The molecule has 0 saturated heterocycles. The Kier molecular flexibility index (Phi) is 4.17. The van der Waals surface area contributed by atoms with Gasteiger partial charge in [0.1, 0.15) is 10.3 Å². The van der Waals surface area contributed by atoms with E-state index in [1.165, 1.54) is 0 Å². The molecule has 0 unspecified atom stereocenters. The Morgan fingerprint density at radius 2 is 2.28 bits per heavy atom. The number of nitrogens with one attached hydrogen (secondary N) is 1. The zero-order chi connectivity index (χ0) is 13.0. The molecule has 0 fully saturated rings. The van der Waals surface area contributed by atoms with Gasteiger partial charge < -0.3 is 9.72 Å². The number of aromatic nitrogens is 3. The number of aromatic amines is 1. The fourth-order valence-corrected chi connectivity index (χ4v) is 2.02. The van der Waals surface area contributed by atoms with Crippen molar-refractivity contribution in [1.82, 2.24) is 15.0 Å². The van der Waals surface area contributed by atoms with Gasteiger partial charge in [-0.15, -0.1) is 0 Å². The molecule has 0 atom stereocenters. The van der Waals surface area contributed by atoms with Gasteiger partial charge >= 0.3 is 0 Å². The van der Waals surface area contributed by atoms with Crippen LogP contribution in [0.4, 0.5) is 0 Å². The molecular formula is C13H15N3OS. The van der Waals surface area contributed by atoms with Crippen molar-refractivity contribution in [2.45, 2.75) is 20.0 Å². The monoisotopic (exact) mass is 261 g/mol. The number of pyridine rings is 1. The zero-order valence-corrected chi connectivity index (χ0v) is 11.3. The van der Waals surface area contributed by atoms with Crippen molar-refractivity contribution < 1.29 is 4.74 Å². The maximum absolute atomic E-state index is 5.17. The lowest BCUT2D eigenvalue weighted by molar-refractivity contribution is 0.181. The van der Waals surface area contributed by atoms with Crippen molar-refractivity contribution in [2.24, 2.45) is 0 Å². The molecule has 2 heterocycles. The average molecular weight is 261 g/mol. The molecule has 0 saturated carbocycles. The fraction of sp³-hybridized carbons (Fsp3) is 0.308. The van der Waals surface area contributed by atoms with Gasteiger partial charge in [0, 0.05) is 19.0 Å². The molecule has 2 aromatic rings. The SMILES string of the molecule is CCc1cccnc1-c1nc(=S)cc(COC)[nH]1. The standard InChI is InChI=1S/C13H15N3OS/c1-3-9-5-4-6-14-12(9)13-15-10(8-17-2)7-11(18)16-13/h4-7H,3,8H2,1-2H3,(H,15,16,18). The third-order valence-corrected chi connectivity index (χ3v) is 2.80. The van der Waals surface area contributed by atoms with Crippen LogP contribution in [0.3, 0.4) is 0 Å². The summed E-state index contributed by atoms with van der Waals surface area (Å²) in [5.74, 6) is 0.701. The predicted octanol–water partition coefficient (Wildman–Crippen LogP) is 2.91. The summed E-state index contributed by atoms with van der Waals surface area (Å²) in [5.41, 5.74) is 2.90. The summed E-state index contributed by atoms with van der Waals surface area (Å²) >= 11 is 5.17. The van der Waals surface area contributed by atoms with E-state index in [0.717, 1.165) is 23.4 Å². The Labute approximate surface area is 111 Å². The Hall–Kier alpha value is -1.59. The van der Waals surface area contributed by atoms with Crippen molar-refractivity contribution in [2.75, 3.05) is 7.11 Å². The molecule has 0 aliphatic carbocycles. The molecule has 0 aliphatic heterocycles. The van der Waals surface area contributed by atoms with Crippen LogP contribution in [0.15, 0.2) is 24.4 Å². The third-order valence-electron chi connectivity index (χ3n) is 2.59. The molecule has 4 nitrogen and oxygen atoms in total. The van der Waals surface area contributed by atoms with Gasteiger partial charge in [-0.25, -0.2) is 4.98 Å². The average Bonchev–Trinajstić information content (AvgIpc) is 2.38. The fourth-order valence-electron chi connectivity index (χ4n) is 1.79. The van der Waals surface area contributed by atoms with Gasteiger partial charge in [-0.2, -0.15) is 0 Å². The van der Waals surface area contributed by atoms with E-state index in [1.807, 2.05) is 12.1 Å². The number of H-pyrrole nitrogens is 1. The number of rotatable bonds is 4. The zero-order valence-electron chi connectivity index (χ0n) is 10.4. The second-order valence-electron chi connectivity index (χ2n) is 3.89. The first-order chi connectivity index (χ1) is 8.74. The van der Waals surface area contributed by atoms with E-state index in [4.69, 9.17) is 17.0 Å². The second kappa shape index (κ2) is 5.84. The number of ether oxygens (including phenoxy) is 1. The van der Waals surface area contributed by atoms with Gasteiger partial charge in [0.2, 0.25) is 0 Å². The predicted molar refractivity (Wildman–Crippen MR) is 72.7 cm³/mol. The van der Waals surface area contributed by atoms with E-state index < -0.39 is 0 Å². The summed E-state index contributed by atoms with van der Waals surface area (Å²) in [6, 6.07) is 5.77. The molecule has 94 valence electrons. The molecule has 5 heteroatoms. The first-order valence-corrected chi connectivity index (χ1v) is 6.19. The van der Waals surface area contributed by atoms with Crippen LogP contribution in [0.1, 0.15) is 18.2 Å². The minimum atomic E-state index is 0.480. The van der Waals surface area contributed by atoms with Crippen LogP contribution in [-0.2, 0) is 17.8 Å². The van der Waals surface area contributed by atoms with Crippen LogP contribution < -0.4 is 0 Å². The second-order valence-corrected chi connectivity index (χ2v) is 4.31. The highest BCUT2D eigenvalue weighted by molar-refractivity contribution is 7.71. The lowest BCUT2D eigenvalue weighted by Gasteiger charge is -2.08. The summed E-state index contributed by atoms with van der Waals surface area (Å²) in [5, 5.41) is 0. The molecule has 0 amide bonds. The Bertz CT molecular complexity index is 595. The van der Waals surface area contributed by atoms with Gasteiger partial charge in [0.05, 0.1) is 6.61 Å². The van der Waals surface area contributed by atoms with Gasteiger partial charge in [-0.05, 0) is 24.1 Å². The highest BCUT2D eigenvalue weighted by Crippen LogP contribution is 2.18. The largest absolute Gasteiger partial charge is 0.378 e. The Morgan fingerprint density at radius 3 is 3.00 bits per heavy atom. The van der Waals surface area contributed by atoms with Gasteiger partial charge in [-0.1, -0.05) is 25.2 Å². The first-order valence-electron chi connectivity index (χ1n) is 5.78. The van der Waals surface area contributed by atoms with E-state index in [0.29, 0.717) is 17.1 Å². The minimum absolute atomic E-state index is 0.480. The summed E-state index contributed by atoms with van der Waals surface area (Å²) in [6.07, 6.45) is 2.66. The van der Waals surface area contributed by atoms with Crippen LogP contribution in [0, 0.1) is 4.64 Å². The molecule has 0 bridgehead atoms. The van der Waals surface area contributed by atoms with Crippen molar-refractivity contribution in [3.8, 4) is 11.5 Å². The molecular weight excluding hydrogens is 246 g/mol. The van der Waals surface area contributed by atoms with E-state index in [1.54, 1.807) is 19.4 Å². The maximum Gasteiger partial charge on any atom is 0.158 e. The molecule has 0 aliphatic rings. The number of methoxy groups -OCH3 is 1. The van der Waals surface area contributed by atoms with Crippen LogP contribution in [0.5, 0.6) is 0 Å². The van der Waals surface area contributed by atoms with Crippen molar-refractivity contribution in [1.29, 1.82) is 0 Å². The van der Waals surface area contributed by atoms with Crippen molar-refractivity contribution in [3.05, 3.63) is 40.3 Å². The van der Waals surface area contributed by atoms with Crippen LogP contribution in [0.25, 0.3) is 11.5 Å². The number of hydrogen-bond acceptors (Lipinski definition) is 4. The molecule has 18 heavy (non-hydrogen) atoms. The van der Waals surface area contributed by atoms with E-state index >= 15 is 0 Å². The highest BCUT2D eigenvalue weighted by Gasteiger charge is 2.08. The molecule has 2 aromatic heterocycles. The van der Waals surface area contributed by atoms with Gasteiger partial charge in [0.15, 0.2) is 5.82 Å². The summed E-state index contributed by atoms with van der Waals surface area (Å²) in [6.45, 7) is 2.57. The first kappa shape index (κ1) is 12.9. The van der Waals surface area contributed by atoms with E-state index in [-0.39, 0.29) is 0 Å². The normalized spacial score (nSPS) is 10.6. The van der Waals surface area contributed by atoms with Crippen LogP contribution >= 0.6 is 12.2 Å². The molecule has 0 radical (unpaired) electrons.